The molecule has 1 heterocycles. The van der Waals surface area contributed by atoms with E-state index in [1.165, 1.54) is 36.4 Å². The zero-order chi connectivity index (χ0) is 31.2. The highest BCUT2D eigenvalue weighted by molar-refractivity contribution is 5.49. The highest BCUT2D eigenvalue weighted by Gasteiger charge is 2.15. The summed E-state index contributed by atoms with van der Waals surface area (Å²) >= 11 is 0. The van der Waals surface area contributed by atoms with Crippen LogP contribution in [0.3, 0.4) is 0 Å². The van der Waals surface area contributed by atoms with Crippen LogP contribution in [-0.2, 0) is 28.4 Å². The first-order valence-corrected chi connectivity index (χ1v) is 14.1. The first-order valence-electron chi connectivity index (χ1n) is 14.1. The fraction of sp³-hybridized carbons (Fsp3) is 0.571. The van der Waals surface area contributed by atoms with Gasteiger partial charge in [-0.2, -0.15) is 0 Å². The van der Waals surface area contributed by atoms with Crippen molar-refractivity contribution in [3.8, 4) is 23.0 Å². The molecular formula is C28H38N2O14. The summed E-state index contributed by atoms with van der Waals surface area (Å²) in [6.45, 7) is 4.38. The van der Waals surface area contributed by atoms with Crippen LogP contribution in [0.15, 0.2) is 36.4 Å². The Kier molecular flexibility index (Phi) is 16.5. The van der Waals surface area contributed by atoms with Crippen molar-refractivity contribution in [1.29, 1.82) is 0 Å². The van der Waals surface area contributed by atoms with E-state index >= 15 is 0 Å². The van der Waals surface area contributed by atoms with Gasteiger partial charge in [0.2, 0.25) is 0 Å². The summed E-state index contributed by atoms with van der Waals surface area (Å²) in [5, 5.41) is 22.4. The molecule has 0 saturated heterocycles. The monoisotopic (exact) mass is 626 g/mol. The maximum Gasteiger partial charge on any atom is 0.273 e. The number of non-ortho nitro benzene ring substituents is 2. The predicted molar refractivity (Wildman–Crippen MR) is 153 cm³/mol. The molecule has 1 aliphatic rings. The molecule has 2 aromatic rings. The van der Waals surface area contributed by atoms with Crippen molar-refractivity contribution in [1.82, 2.24) is 0 Å². The molecule has 16 heteroatoms. The number of benzene rings is 2. The number of rotatable bonds is 2. The summed E-state index contributed by atoms with van der Waals surface area (Å²) in [5.74, 6) is 1.18. The number of ether oxygens (including phenoxy) is 10. The molecule has 44 heavy (non-hydrogen) atoms. The Morgan fingerprint density at radius 1 is 0.386 bits per heavy atom. The third-order valence-corrected chi connectivity index (χ3v) is 5.71. The zero-order valence-electron chi connectivity index (χ0n) is 24.4. The number of hydrogen-bond donors (Lipinski definition) is 0. The van der Waals surface area contributed by atoms with Crippen LogP contribution in [0.1, 0.15) is 0 Å². The third-order valence-electron chi connectivity index (χ3n) is 5.71. The first kappa shape index (κ1) is 34.7. The molecule has 16 nitrogen and oxygen atoms in total. The predicted octanol–water partition coefficient (Wildman–Crippen LogP) is 2.83. The quantitative estimate of drug-likeness (QED) is 0.351. The molecule has 1 aliphatic heterocycles. The van der Waals surface area contributed by atoms with E-state index in [0.717, 1.165) is 0 Å². The lowest BCUT2D eigenvalue weighted by atomic mass is 10.3. The second-order valence-corrected chi connectivity index (χ2v) is 8.84. The Bertz CT molecular complexity index is 1050. The Morgan fingerprint density at radius 2 is 0.636 bits per heavy atom. The molecule has 0 bridgehead atoms. The topological polar surface area (TPSA) is 179 Å². The molecule has 0 fully saturated rings. The van der Waals surface area contributed by atoms with Crippen LogP contribution < -0.4 is 18.9 Å². The van der Waals surface area contributed by atoms with E-state index in [4.69, 9.17) is 47.4 Å². The van der Waals surface area contributed by atoms with Crippen molar-refractivity contribution in [3.05, 3.63) is 56.6 Å². The standard InChI is InChI=1S/C28H38N2O14/c31-29(32)23-1-3-25-27(21-23)43-19-15-39-11-7-36-6-10-38-14-18-42-26-4-2-24(30(33)34)22-28(26)44-20-16-40-12-8-35-5-9-37-13-17-41-25/h1-4,21-22H,5-20H2. The van der Waals surface area contributed by atoms with Crippen molar-refractivity contribution in [2.75, 3.05) is 106 Å². The van der Waals surface area contributed by atoms with Gasteiger partial charge in [-0.1, -0.05) is 0 Å². The van der Waals surface area contributed by atoms with Gasteiger partial charge in [0.15, 0.2) is 23.0 Å². The van der Waals surface area contributed by atoms with Crippen LogP contribution in [0.4, 0.5) is 11.4 Å². The molecule has 3 rings (SSSR count). The largest absolute Gasteiger partial charge is 0.487 e. The molecule has 0 aromatic heterocycles. The number of nitrogens with zero attached hydrogens (tertiary/aromatic N) is 2. The summed E-state index contributed by atoms with van der Waals surface area (Å²) in [7, 11) is 0. The minimum Gasteiger partial charge on any atom is -0.487 e. The molecule has 0 saturated carbocycles. The summed E-state index contributed by atoms with van der Waals surface area (Å²) < 4.78 is 55.7. The fourth-order valence-corrected chi connectivity index (χ4v) is 3.61. The van der Waals surface area contributed by atoms with Crippen molar-refractivity contribution in [2.24, 2.45) is 0 Å². The van der Waals surface area contributed by atoms with Crippen LogP contribution in [0.5, 0.6) is 23.0 Å². The van der Waals surface area contributed by atoms with E-state index in [9.17, 15) is 20.2 Å². The van der Waals surface area contributed by atoms with Crippen LogP contribution in [-0.4, -0.2) is 116 Å². The maximum atomic E-state index is 11.2. The SMILES string of the molecule is O=[N+]([O-])c1ccc2c(c1)OCCOCCOCCOCCOc1ccc([N+](=O)[O-])cc1OCCOCCOCCOCCO2. The van der Waals surface area contributed by atoms with Gasteiger partial charge in [0.25, 0.3) is 11.4 Å². The van der Waals surface area contributed by atoms with Crippen LogP contribution in [0.2, 0.25) is 0 Å². The second kappa shape index (κ2) is 21.0. The molecule has 0 amide bonds. The van der Waals surface area contributed by atoms with E-state index in [2.05, 4.69) is 0 Å². The van der Waals surface area contributed by atoms with Gasteiger partial charge in [-0.15, -0.1) is 0 Å². The second-order valence-electron chi connectivity index (χ2n) is 8.84. The summed E-state index contributed by atoms with van der Waals surface area (Å²) in [6, 6.07) is 8.26. The lowest BCUT2D eigenvalue weighted by Gasteiger charge is -2.14. The lowest BCUT2D eigenvalue weighted by molar-refractivity contribution is -0.385. The van der Waals surface area contributed by atoms with E-state index < -0.39 is 9.85 Å². The van der Waals surface area contributed by atoms with Gasteiger partial charge in [0.1, 0.15) is 26.4 Å². The lowest BCUT2D eigenvalue weighted by Crippen LogP contribution is -2.15. The molecule has 0 atom stereocenters. The number of nitro groups is 2. The smallest absolute Gasteiger partial charge is 0.273 e. The number of fused-ring (bicyclic) bond motifs is 2. The highest BCUT2D eigenvalue weighted by atomic mass is 16.6. The van der Waals surface area contributed by atoms with Crippen molar-refractivity contribution >= 4 is 11.4 Å². The Morgan fingerprint density at radius 3 is 0.909 bits per heavy atom. The Balaban J connectivity index is 1.46. The van der Waals surface area contributed by atoms with Gasteiger partial charge in [-0.05, 0) is 12.1 Å². The molecule has 244 valence electrons. The molecule has 0 radical (unpaired) electrons. The van der Waals surface area contributed by atoms with Crippen molar-refractivity contribution in [2.45, 2.75) is 0 Å². The number of hydrogen-bond acceptors (Lipinski definition) is 14. The fourth-order valence-electron chi connectivity index (χ4n) is 3.61. The van der Waals surface area contributed by atoms with Gasteiger partial charge >= 0.3 is 0 Å². The van der Waals surface area contributed by atoms with Crippen molar-refractivity contribution < 1.29 is 57.2 Å². The van der Waals surface area contributed by atoms with Gasteiger partial charge < -0.3 is 47.4 Å². The zero-order valence-corrected chi connectivity index (χ0v) is 24.4. The van der Waals surface area contributed by atoms with Gasteiger partial charge in [0.05, 0.1) is 101 Å². The molecular weight excluding hydrogens is 588 g/mol. The highest BCUT2D eigenvalue weighted by Crippen LogP contribution is 2.32. The molecule has 2 aromatic carbocycles. The molecule has 0 spiro atoms. The summed E-state index contributed by atoms with van der Waals surface area (Å²) in [6.07, 6.45) is 0. The average Bonchev–Trinajstić information content (AvgIpc) is 3.01. The summed E-state index contributed by atoms with van der Waals surface area (Å²) in [4.78, 5) is 21.3. The number of nitro benzene ring substituents is 2. The van der Waals surface area contributed by atoms with E-state index in [1.54, 1.807) is 0 Å². The third kappa shape index (κ3) is 13.7. The Hall–Kier alpha value is -3.80. The molecule has 0 aliphatic carbocycles. The summed E-state index contributed by atoms with van der Waals surface area (Å²) in [5.41, 5.74) is -0.234. The van der Waals surface area contributed by atoms with Crippen LogP contribution >= 0.6 is 0 Å². The average molecular weight is 627 g/mol. The first-order chi connectivity index (χ1) is 21.5. The Labute approximate surface area is 254 Å². The van der Waals surface area contributed by atoms with E-state index in [0.29, 0.717) is 64.4 Å². The van der Waals surface area contributed by atoms with E-state index in [1.807, 2.05) is 0 Å². The van der Waals surface area contributed by atoms with Crippen LogP contribution in [0.25, 0.3) is 0 Å². The maximum absolute atomic E-state index is 11.2. The van der Waals surface area contributed by atoms with Crippen molar-refractivity contribution in [3.63, 3.8) is 0 Å². The molecule has 0 N–H and O–H groups in total. The van der Waals surface area contributed by atoms with E-state index in [-0.39, 0.29) is 75.7 Å². The van der Waals surface area contributed by atoms with Gasteiger partial charge in [0, 0.05) is 12.1 Å². The van der Waals surface area contributed by atoms with Gasteiger partial charge in [-0.3, -0.25) is 20.2 Å². The van der Waals surface area contributed by atoms with Gasteiger partial charge in [-0.25, -0.2) is 0 Å². The normalized spacial score (nSPS) is 18.0. The molecule has 0 unspecified atom stereocenters. The van der Waals surface area contributed by atoms with Crippen LogP contribution in [0, 0.1) is 20.2 Å². The minimum atomic E-state index is -0.507. The minimum absolute atomic E-state index is 0.117.